The highest BCUT2D eigenvalue weighted by Gasteiger charge is 2.33. The zero-order valence-electron chi connectivity index (χ0n) is 13.0. The molecular formula is C14H19N3O5. The number of esters is 1. The van der Waals surface area contributed by atoms with Crippen LogP contribution in [-0.2, 0) is 9.53 Å². The van der Waals surface area contributed by atoms with Crippen molar-refractivity contribution in [2.75, 3.05) is 13.1 Å². The molecule has 8 nitrogen and oxygen atoms in total. The molecule has 3 amide bonds. The molecule has 2 heterocycles. The zero-order valence-corrected chi connectivity index (χ0v) is 13.0. The lowest BCUT2D eigenvalue weighted by Gasteiger charge is -2.18. The summed E-state index contributed by atoms with van der Waals surface area (Å²) in [5.41, 5.74) is 0.646. The van der Waals surface area contributed by atoms with Gasteiger partial charge >= 0.3 is 12.0 Å². The first kappa shape index (κ1) is 16.0. The van der Waals surface area contributed by atoms with Gasteiger partial charge in [-0.2, -0.15) is 0 Å². The van der Waals surface area contributed by atoms with Gasteiger partial charge in [0.05, 0.1) is 5.69 Å². The maximum absolute atomic E-state index is 12.3. The smallest absolute Gasteiger partial charge is 0.344 e. The van der Waals surface area contributed by atoms with Gasteiger partial charge in [-0.1, -0.05) is 19.0 Å². The molecule has 0 radical (unpaired) electrons. The minimum Gasteiger partial charge on any atom is -0.449 e. The molecule has 1 aromatic rings. The van der Waals surface area contributed by atoms with Crippen molar-refractivity contribution < 1.29 is 23.6 Å². The number of imide groups is 1. The normalized spacial score (nSPS) is 15.9. The SMILES string of the molecule is Cc1noc(C(C)C)c1C(=O)OC(C)C(=O)N1CCNC1=O. The minimum atomic E-state index is -1.06. The van der Waals surface area contributed by atoms with E-state index in [2.05, 4.69) is 10.5 Å². The van der Waals surface area contributed by atoms with Gasteiger partial charge in [0, 0.05) is 19.0 Å². The van der Waals surface area contributed by atoms with Gasteiger partial charge in [-0.3, -0.25) is 9.69 Å². The van der Waals surface area contributed by atoms with E-state index in [1.54, 1.807) is 6.92 Å². The number of nitrogens with one attached hydrogen (secondary N) is 1. The summed E-state index contributed by atoms with van der Waals surface area (Å²) >= 11 is 0. The lowest BCUT2D eigenvalue weighted by molar-refractivity contribution is -0.136. The third-order valence-corrected chi connectivity index (χ3v) is 3.37. The Morgan fingerprint density at radius 1 is 1.36 bits per heavy atom. The molecule has 1 aliphatic heterocycles. The van der Waals surface area contributed by atoms with E-state index in [-0.39, 0.29) is 18.0 Å². The molecule has 0 bridgehead atoms. The summed E-state index contributed by atoms with van der Waals surface area (Å²) in [5.74, 6) is -0.855. The third kappa shape index (κ3) is 2.95. The molecule has 0 saturated carbocycles. The molecule has 0 spiro atoms. The van der Waals surface area contributed by atoms with Crippen molar-refractivity contribution in [3.8, 4) is 0 Å². The summed E-state index contributed by atoms with van der Waals surface area (Å²) < 4.78 is 10.3. The number of hydrogen-bond acceptors (Lipinski definition) is 6. The van der Waals surface area contributed by atoms with Gasteiger partial charge in [-0.25, -0.2) is 9.59 Å². The number of hydrogen-bond donors (Lipinski definition) is 1. The van der Waals surface area contributed by atoms with Crippen LogP contribution >= 0.6 is 0 Å². The highest BCUT2D eigenvalue weighted by molar-refractivity contribution is 5.99. The number of ether oxygens (including phenoxy) is 1. The van der Waals surface area contributed by atoms with Gasteiger partial charge in [0.2, 0.25) is 0 Å². The molecule has 1 aromatic heterocycles. The number of carbonyl (C=O) groups is 3. The van der Waals surface area contributed by atoms with Crippen molar-refractivity contribution in [1.29, 1.82) is 0 Å². The largest absolute Gasteiger partial charge is 0.449 e. The fourth-order valence-electron chi connectivity index (χ4n) is 2.20. The molecule has 2 rings (SSSR count). The molecule has 1 unspecified atom stereocenters. The first-order chi connectivity index (χ1) is 10.3. The van der Waals surface area contributed by atoms with E-state index < -0.39 is 24.0 Å². The first-order valence-corrected chi connectivity index (χ1v) is 7.09. The summed E-state index contributed by atoms with van der Waals surface area (Å²) in [6, 6.07) is -0.475. The Hall–Kier alpha value is -2.38. The molecule has 1 saturated heterocycles. The Morgan fingerprint density at radius 2 is 2.05 bits per heavy atom. The van der Waals surface area contributed by atoms with Crippen molar-refractivity contribution in [2.45, 2.75) is 39.7 Å². The number of urea groups is 1. The molecule has 1 N–H and O–H groups in total. The van der Waals surface area contributed by atoms with Crippen molar-refractivity contribution in [2.24, 2.45) is 0 Å². The minimum absolute atomic E-state index is 0.0425. The fourth-order valence-corrected chi connectivity index (χ4v) is 2.20. The second kappa shape index (κ2) is 6.17. The lowest BCUT2D eigenvalue weighted by Crippen LogP contribution is -2.41. The number of amides is 3. The molecule has 120 valence electrons. The van der Waals surface area contributed by atoms with Crippen LogP contribution in [0.1, 0.15) is 48.5 Å². The predicted octanol–water partition coefficient (Wildman–Crippen LogP) is 1.20. The van der Waals surface area contributed by atoms with Crippen LogP contribution in [0.5, 0.6) is 0 Å². The van der Waals surface area contributed by atoms with E-state index >= 15 is 0 Å². The van der Waals surface area contributed by atoms with Gasteiger partial charge in [0.25, 0.3) is 5.91 Å². The van der Waals surface area contributed by atoms with Crippen LogP contribution in [0.2, 0.25) is 0 Å². The summed E-state index contributed by atoms with van der Waals surface area (Å²) in [5, 5.41) is 6.29. The van der Waals surface area contributed by atoms with Crippen molar-refractivity contribution in [3.63, 3.8) is 0 Å². The summed E-state index contributed by atoms with van der Waals surface area (Å²) in [6.07, 6.45) is -1.06. The van der Waals surface area contributed by atoms with Crippen LogP contribution < -0.4 is 5.32 Å². The highest BCUT2D eigenvalue weighted by atomic mass is 16.5. The van der Waals surface area contributed by atoms with Crippen LogP contribution in [0.15, 0.2) is 4.52 Å². The van der Waals surface area contributed by atoms with Crippen LogP contribution in [-0.4, -0.2) is 47.2 Å². The number of aryl methyl sites for hydroxylation is 1. The van der Waals surface area contributed by atoms with E-state index in [0.717, 1.165) is 4.90 Å². The second-order valence-electron chi connectivity index (χ2n) is 5.43. The van der Waals surface area contributed by atoms with Crippen LogP contribution in [0.4, 0.5) is 4.79 Å². The predicted molar refractivity (Wildman–Crippen MR) is 75.3 cm³/mol. The highest BCUT2D eigenvalue weighted by Crippen LogP contribution is 2.23. The van der Waals surface area contributed by atoms with Crippen molar-refractivity contribution >= 4 is 17.9 Å². The van der Waals surface area contributed by atoms with E-state index in [9.17, 15) is 14.4 Å². The average Bonchev–Trinajstić information content (AvgIpc) is 3.03. The van der Waals surface area contributed by atoms with E-state index in [1.165, 1.54) is 6.92 Å². The summed E-state index contributed by atoms with van der Waals surface area (Å²) in [4.78, 5) is 36.9. The van der Waals surface area contributed by atoms with E-state index in [1.807, 2.05) is 13.8 Å². The molecule has 1 aliphatic rings. The summed E-state index contributed by atoms with van der Waals surface area (Å²) in [6.45, 7) is 7.45. The van der Waals surface area contributed by atoms with Crippen LogP contribution in [0.25, 0.3) is 0 Å². The van der Waals surface area contributed by atoms with Gasteiger partial charge in [-0.05, 0) is 13.8 Å². The lowest BCUT2D eigenvalue weighted by atomic mass is 10.1. The Balaban J connectivity index is 2.10. The molecule has 8 heteroatoms. The van der Waals surface area contributed by atoms with Gasteiger partial charge < -0.3 is 14.6 Å². The quantitative estimate of drug-likeness (QED) is 0.839. The number of carbonyl (C=O) groups excluding carboxylic acids is 3. The maximum Gasteiger partial charge on any atom is 0.344 e. The van der Waals surface area contributed by atoms with Gasteiger partial charge in [0.1, 0.15) is 5.56 Å². The molecule has 22 heavy (non-hydrogen) atoms. The van der Waals surface area contributed by atoms with Gasteiger partial charge in [-0.15, -0.1) is 0 Å². The molecule has 0 aliphatic carbocycles. The standard InChI is InChI=1S/C14H19N3O5/c1-7(2)11-10(8(3)16-22-11)13(19)21-9(4)12(18)17-6-5-15-14(17)20/h7,9H,5-6H2,1-4H3,(H,15,20). The van der Waals surface area contributed by atoms with E-state index in [4.69, 9.17) is 9.26 Å². The summed E-state index contributed by atoms with van der Waals surface area (Å²) in [7, 11) is 0. The molecule has 0 aromatic carbocycles. The van der Waals surface area contributed by atoms with Crippen LogP contribution in [0, 0.1) is 6.92 Å². The van der Waals surface area contributed by atoms with Gasteiger partial charge in [0.15, 0.2) is 11.9 Å². The second-order valence-corrected chi connectivity index (χ2v) is 5.43. The number of rotatable bonds is 4. The van der Waals surface area contributed by atoms with Crippen molar-refractivity contribution in [3.05, 3.63) is 17.0 Å². The monoisotopic (exact) mass is 309 g/mol. The third-order valence-electron chi connectivity index (χ3n) is 3.37. The maximum atomic E-state index is 12.3. The molecule has 1 atom stereocenters. The topological polar surface area (TPSA) is 102 Å². The number of aromatic nitrogens is 1. The average molecular weight is 309 g/mol. The Bertz CT molecular complexity index is 608. The Kier molecular flexibility index (Phi) is 4.48. The molecular weight excluding hydrogens is 290 g/mol. The first-order valence-electron chi connectivity index (χ1n) is 7.09. The van der Waals surface area contributed by atoms with Crippen LogP contribution in [0.3, 0.4) is 0 Å². The zero-order chi connectivity index (χ0) is 16.4. The van der Waals surface area contributed by atoms with E-state index in [0.29, 0.717) is 18.0 Å². The molecule has 1 fully saturated rings. The Labute approximate surface area is 127 Å². The fraction of sp³-hybridized carbons (Fsp3) is 0.571. The number of nitrogens with zero attached hydrogens (tertiary/aromatic N) is 2. The Morgan fingerprint density at radius 3 is 2.59 bits per heavy atom. The van der Waals surface area contributed by atoms with Crippen molar-refractivity contribution in [1.82, 2.24) is 15.4 Å².